The smallest absolute Gasteiger partial charge is 0.227 e. The van der Waals surface area contributed by atoms with Crippen molar-refractivity contribution in [1.29, 1.82) is 0 Å². The molecule has 0 saturated carbocycles. The van der Waals surface area contributed by atoms with Crippen LogP contribution in [0.5, 0.6) is 0 Å². The average molecular weight is 369 g/mol. The fourth-order valence-electron chi connectivity index (χ4n) is 3.82. The van der Waals surface area contributed by atoms with E-state index in [9.17, 15) is 4.79 Å². The van der Waals surface area contributed by atoms with Crippen LogP contribution in [0.25, 0.3) is 11.0 Å². The molecule has 6 heteroatoms. The monoisotopic (exact) mass is 368 g/mol. The Balaban J connectivity index is 1.40. The minimum Gasteiger partial charge on any atom is -0.342 e. The predicted molar refractivity (Wildman–Crippen MR) is 104 cm³/mol. The van der Waals surface area contributed by atoms with Crippen LogP contribution < -0.4 is 0 Å². The van der Waals surface area contributed by atoms with Crippen molar-refractivity contribution in [2.45, 2.75) is 39.5 Å². The van der Waals surface area contributed by atoms with Gasteiger partial charge in [-0.2, -0.15) is 0 Å². The second kappa shape index (κ2) is 7.19. The molecule has 1 atom stereocenters. The zero-order valence-corrected chi connectivity index (χ0v) is 16.1. The van der Waals surface area contributed by atoms with Crippen molar-refractivity contribution < 1.29 is 4.79 Å². The zero-order chi connectivity index (χ0) is 18.1. The molecule has 136 valence electrons. The van der Waals surface area contributed by atoms with Crippen LogP contribution in [0.3, 0.4) is 0 Å². The molecule has 1 saturated heterocycles. The van der Waals surface area contributed by atoms with Crippen LogP contribution in [-0.4, -0.2) is 38.8 Å². The number of likely N-dealkylation sites (tertiary alicyclic amines) is 1. The van der Waals surface area contributed by atoms with Gasteiger partial charge in [-0.05, 0) is 44.7 Å². The standard InChI is InChI=1S/C20H24N4OS/c1-13-18(26-14(2)21-13)11-20(25)24-9-5-6-15(12-24)10-19-22-16-7-3-4-8-17(16)23-19/h3-4,7-8,15H,5-6,9-12H2,1-2H3,(H,22,23)/t15-/m0/s1. The van der Waals surface area contributed by atoms with E-state index in [2.05, 4.69) is 16.0 Å². The normalized spacial score (nSPS) is 17.8. The fraction of sp³-hybridized carbons (Fsp3) is 0.450. The lowest BCUT2D eigenvalue weighted by Crippen LogP contribution is -2.41. The predicted octanol–water partition coefficient (Wildman–Crippen LogP) is 3.66. The largest absolute Gasteiger partial charge is 0.342 e. The van der Waals surface area contributed by atoms with Crippen molar-refractivity contribution in [2.75, 3.05) is 13.1 Å². The first-order chi connectivity index (χ1) is 12.6. The number of carbonyl (C=O) groups is 1. The molecule has 5 nitrogen and oxygen atoms in total. The molecule has 0 aliphatic carbocycles. The van der Waals surface area contributed by atoms with Crippen molar-refractivity contribution in [2.24, 2.45) is 5.92 Å². The quantitative estimate of drug-likeness (QED) is 0.764. The topological polar surface area (TPSA) is 61.9 Å². The van der Waals surface area contributed by atoms with E-state index in [1.807, 2.05) is 36.9 Å². The lowest BCUT2D eigenvalue weighted by Gasteiger charge is -2.32. The second-order valence-electron chi connectivity index (χ2n) is 7.17. The molecule has 0 spiro atoms. The van der Waals surface area contributed by atoms with Crippen LogP contribution in [0, 0.1) is 19.8 Å². The number of benzene rings is 1. The summed E-state index contributed by atoms with van der Waals surface area (Å²) in [6, 6.07) is 8.12. The number of fused-ring (bicyclic) bond motifs is 1. The fourth-order valence-corrected chi connectivity index (χ4v) is 4.75. The molecule has 1 fully saturated rings. The Hall–Kier alpha value is -2.21. The van der Waals surface area contributed by atoms with E-state index >= 15 is 0 Å². The first-order valence-electron chi connectivity index (χ1n) is 9.23. The highest BCUT2D eigenvalue weighted by Crippen LogP contribution is 2.23. The number of H-pyrrole nitrogens is 1. The lowest BCUT2D eigenvalue weighted by atomic mass is 9.94. The molecular weight excluding hydrogens is 344 g/mol. The van der Waals surface area contributed by atoms with E-state index in [1.165, 1.54) is 0 Å². The number of thiazole rings is 1. The number of piperidine rings is 1. The van der Waals surface area contributed by atoms with Crippen LogP contribution in [0.2, 0.25) is 0 Å². The van der Waals surface area contributed by atoms with Crippen molar-refractivity contribution in [1.82, 2.24) is 19.9 Å². The molecular formula is C20H24N4OS. The van der Waals surface area contributed by atoms with Crippen LogP contribution >= 0.6 is 11.3 Å². The first kappa shape index (κ1) is 17.2. The number of aryl methyl sites for hydroxylation is 2. The average Bonchev–Trinajstić information content (AvgIpc) is 3.17. The van der Waals surface area contributed by atoms with Crippen LogP contribution in [0.15, 0.2) is 24.3 Å². The van der Waals surface area contributed by atoms with Crippen molar-refractivity contribution in [3.63, 3.8) is 0 Å². The molecule has 4 rings (SSSR count). The molecule has 3 aromatic rings. The van der Waals surface area contributed by atoms with Gasteiger partial charge < -0.3 is 9.88 Å². The van der Waals surface area contributed by atoms with Gasteiger partial charge in [-0.3, -0.25) is 4.79 Å². The number of para-hydroxylation sites is 2. The van der Waals surface area contributed by atoms with Crippen molar-refractivity contribution >= 4 is 28.3 Å². The molecule has 1 aliphatic heterocycles. The number of aromatic amines is 1. The molecule has 2 aromatic heterocycles. The van der Waals surface area contributed by atoms with Crippen LogP contribution in [0.1, 0.15) is 34.2 Å². The number of hydrogen-bond acceptors (Lipinski definition) is 4. The summed E-state index contributed by atoms with van der Waals surface area (Å²) in [6.07, 6.45) is 3.60. The summed E-state index contributed by atoms with van der Waals surface area (Å²) in [5.41, 5.74) is 3.10. The van der Waals surface area contributed by atoms with Gasteiger partial charge in [0.05, 0.1) is 28.2 Å². The van der Waals surface area contributed by atoms with Crippen LogP contribution in [-0.2, 0) is 17.6 Å². The number of carbonyl (C=O) groups excluding carboxylic acids is 1. The number of imidazole rings is 1. The summed E-state index contributed by atoms with van der Waals surface area (Å²) in [5, 5.41) is 1.03. The van der Waals surface area contributed by atoms with E-state index in [-0.39, 0.29) is 5.91 Å². The van der Waals surface area contributed by atoms with Gasteiger partial charge in [-0.15, -0.1) is 11.3 Å². The Bertz CT molecular complexity index is 896. The molecule has 1 amide bonds. The third-order valence-electron chi connectivity index (χ3n) is 5.10. The summed E-state index contributed by atoms with van der Waals surface area (Å²) in [4.78, 5) is 28.4. The highest BCUT2D eigenvalue weighted by Gasteiger charge is 2.25. The van der Waals surface area contributed by atoms with E-state index < -0.39 is 0 Å². The number of nitrogens with one attached hydrogen (secondary N) is 1. The minimum atomic E-state index is 0.228. The summed E-state index contributed by atoms with van der Waals surface area (Å²) in [5.74, 6) is 1.73. The second-order valence-corrected chi connectivity index (χ2v) is 8.46. The highest BCUT2D eigenvalue weighted by atomic mass is 32.1. The third-order valence-corrected chi connectivity index (χ3v) is 6.18. The third kappa shape index (κ3) is 3.65. The van der Waals surface area contributed by atoms with E-state index in [0.29, 0.717) is 12.3 Å². The maximum atomic E-state index is 12.7. The van der Waals surface area contributed by atoms with E-state index in [4.69, 9.17) is 4.98 Å². The van der Waals surface area contributed by atoms with Crippen molar-refractivity contribution in [3.8, 4) is 0 Å². The van der Waals surface area contributed by atoms with Gasteiger partial charge in [-0.1, -0.05) is 12.1 Å². The number of aromatic nitrogens is 3. The Kier molecular flexibility index (Phi) is 4.76. The minimum absolute atomic E-state index is 0.228. The molecule has 1 N–H and O–H groups in total. The Morgan fingerprint density at radius 1 is 1.31 bits per heavy atom. The summed E-state index contributed by atoms with van der Waals surface area (Å²) in [7, 11) is 0. The Labute approximate surface area is 157 Å². The van der Waals surface area contributed by atoms with Crippen LogP contribution in [0.4, 0.5) is 0 Å². The Morgan fingerprint density at radius 2 is 2.15 bits per heavy atom. The van der Waals surface area contributed by atoms with Gasteiger partial charge in [-0.25, -0.2) is 9.97 Å². The van der Waals surface area contributed by atoms with Gasteiger partial charge in [0, 0.05) is 24.4 Å². The molecule has 0 bridgehead atoms. The van der Waals surface area contributed by atoms with Gasteiger partial charge in [0.15, 0.2) is 0 Å². The van der Waals surface area contributed by atoms with Gasteiger partial charge in [0.25, 0.3) is 0 Å². The number of rotatable bonds is 4. The highest BCUT2D eigenvalue weighted by molar-refractivity contribution is 7.11. The Morgan fingerprint density at radius 3 is 2.92 bits per heavy atom. The summed E-state index contributed by atoms with van der Waals surface area (Å²) >= 11 is 1.64. The number of hydrogen-bond donors (Lipinski definition) is 1. The lowest BCUT2D eigenvalue weighted by molar-refractivity contribution is -0.132. The number of nitrogens with zero attached hydrogens (tertiary/aromatic N) is 3. The molecule has 3 heterocycles. The van der Waals surface area contributed by atoms with Crippen molar-refractivity contribution in [3.05, 3.63) is 45.7 Å². The zero-order valence-electron chi connectivity index (χ0n) is 15.3. The van der Waals surface area contributed by atoms with E-state index in [0.717, 1.165) is 64.8 Å². The summed E-state index contributed by atoms with van der Waals surface area (Å²) < 4.78 is 0. The number of amides is 1. The van der Waals surface area contributed by atoms with Gasteiger partial charge in [0.2, 0.25) is 5.91 Å². The van der Waals surface area contributed by atoms with E-state index in [1.54, 1.807) is 11.3 Å². The molecule has 0 radical (unpaired) electrons. The SMILES string of the molecule is Cc1nc(C)c(CC(=O)N2CCC[C@@H](Cc3nc4ccccc4[nH]3)C2)s1. The van der Waals surface area contributed by atoms with Gasteiger partial charge in [0.1, 0.15) is 5.82 Å². The first-order valence-corrected chi connectivity index (χ1v) is 10.0. The van der Waals surface area contributed by atoms with Gasteiger partial charge >= 0.3 is 0 Å². The molecule has 1 aliphatic rings. The summed E-state index contributed by atoms with van der Waals surface area (Å²) in [6.45, 7) is 5.68. The maximum absolute atomic E-state index is 12.7. The molecule has 26 heavy (non-hydrogen) atoms. The maximum Gasteiger partial charge on any atom is 0.227 e. The molecule has 1 aromatic carbocycles. The molecule has 0 unspecified atom stereocenters.